The molecule has 1 amide bonds. The molecular formula is C24H14ClF6N5O2. The maximum atomic E-state index is 13.1. The van der Waals surface area contributed by atoms with Crippen molar-refractivity contribution in [2.75, 3.05) is 5.32 Å². The first kappa shape index (κ1) is 26.8. The molecule has 1 aromatic heterocycles. The van der Waals surface area contributed by atoms with Crippen LogP contribution in [-0.2, 0) is 17.1 Å². The van der Waals surface area contributed by atoms with E-state index in [1.165, 1.54) is 6.07 Å². The van der Waals surface area contributed by atoms with Crippen molar-refractivity contribution >= 4 is 29.0 Å². The monoisotopic (exact) mass is 553 g/mol. The summed E-state index contributed by atoms with van der Waals surface area (Å²) in [6.07, 6.45) is -11.3. The zero-order valence-corrected chi connectivity index (χ0v) is 19.5. The van der Waals surface area contributed by atoms with Crippen molar-refractivity contribution in [3.8, 4) is 22.5 Å². The molecule has 196 valence electrons. The number of H-pyrrole nitrogens is 1. The van der Waals surface area contributed by atoms with Gasteiger partial charge in [-0.25, -0.2) is 5.10 Å². The van der Waals surface area contributed by atoms with Gasteiger partial charge in [0.2, 0.25) is 5.91 Å². The number of halogens is 7. The molecule has 7 nitrogen and oxygen atoms in total. The normalized spacial score (nSPS) is 11.9. The lowest BCUT2D eigenvalue weighted by Crippen LogP contribution is -2.19. The molecule has 38 heavy (non-hydrogen) atoms. The number of nitrogens with zero attached hydrogens (tertiary/aromatic N) is 3. The maximum absolute atomic E-state index is 13.1. The topological polar surface area (TPSA) is 101 Å². The molecule has 0 aliphatic carbocycles. The minimum absolute atomic E-state index is 0.100. The molecule has 0 saturated heterocycles. The minimum Gasteiger partial charge on any atom is -0.325 e. The SMILES string of the molecule is O=C(CC(=O)c1cc(C(F)(F)F)cc(C(F)(F)F)c1)Nc1ccc(-c2ccc(Cl)cc2)cc1-c1nnn[nH]1. The summed E-state index contributed by atoms with van der Waals surface area (Å²) in [7, 11) is 0. The largest absolute Gasteiger partial charge is 0.416 e. The zero-order chi connectivity index (χ0) is 27.7. The van der Waals surface area contributed by atoms with Gasteiger partial charge < -0.3 is 5.32 Å². The number of aromatic amines is 1. The molecule has 0 bridgehead atoms. The van der Waals surface area contributed by atoms with Gasteiger partial charge in [0.15, 0.2) is 11.6 Å². The van der Waals surface area contributed by atoms with Crippen molar-refractivity contribution in [3.05, 3.63) is 82.4 Å². The van der Waals surface area contributed by atoms with Gasteiger partial charge in [0, 0.05) is 16.1 Å². The minimum atomic E-state index is -5.13. The summed E-state index contributed by atoms with van der Waals surface area (Å²) in [4.78, 5) is 25.2. The third-order valence-corrected chi connectivity index (χ3v) is 5.55. The fraction of sp³-hybridized carbons (Fsp3) is 0.125. The second-order valence-electron chi connectivity index (χ2n) is 7.96. The average molecular weight is 554 g/mol. The highest BCUT2D eigenvalue weighted by Crippen LogP contribution is 2.37. The fourth-order valence-corrected chi connectivity index (χ4v) is 3.63. The first-order chi connectivity index (χ1) is 17.8. The summed E-state index contributed by atoms with van der Waals surface area (Å²) in [6, 6.07) is 12.0. The van der Waals surface area contributed by atoms with Crippen LogP contribution in [0.3, 0.4) is 0 Å². The number of hydrogen-bond acceptors (Lipinski definition) is 5. The Morgan fingerprint density at radius 3 is 2.00 bits per heavy atom. The van der Waals surface area contributed by atoms with Crippen LogP contribution in [0.5, 0.6) is 0 Å². The Balaban J connectivity index is 1.60. The number of tetrazole rings is 1. The van der Waals surface area contributed by atoms with E-state index in [4.69, 9.17) is 11.6 Å². The molecule has 2 N–H and O–H groups in total. The van der Waals surface area contributed by atoms with Crippen LogP contribution in [0.1, 0.15) is 27.9 Å². The molecule has 0 atom stereocenters. The van der Waals surface area contributed by atoms with Crippen LogP contribution in [0.25, 0.3) is 22.5 Å². The Morgan fingerprint density at radius 2 is 1.45 bits per heavy atom. The smallest absolute Gasteiger partial charge is 0.325 e. The van der Waals surface area contributed by atoms with Crippen molar-refractivity contribution < 1.29 is 35.9 Å². The summed E-state index contributed by atoms with van der Waals surface area (Å²) < 4.78 is 78.7. The van der Waals surface area contributed by atoms with E-state index in [1.807, 2.05) is 0 Å². The van der Waals surface area contributed by atoms with Crippen LogP contribution in [0.15, 0.2) is 60.7 Å². The highest BCUT2D eigenvalue weighted by atomic mass is 35.5. The van der Waals surface area contributed by atoms with E-state index < -0.39 is 47.2 Å². The highest BCUT2D eigenvalue weighted by molar-refractivity contribution is 6.30. The van der Waals surface area contributed by atoms with Crippen LogP contribution < -0.4 is 5.32 Å². The van der Waals surface area contributed by atoms with Crippen LogP contribution >= 0.6 is 11.6 Å². The number of Topliss-reactive ketones (excluding diaryl/α,β-unsaturated/α-hetero) is 1. The van der Waals surface area contributed by atoms with Crippen LogP contribution in [-0.4, -0.2) is 32.3 Å². The molecule has 0 aliphatic heterocycles. The summed E-state index contributed by atoms with van der Waals surface area (Å²) in [5.41, 5.74) is -2.32. The highest BCUT2D eigenvalue weighted by Gasteiger charge is 2.37. The van der Waals surface area contributed by atoms with Gasteiger partial charge in [-0.05, 0) is 64.0 Å². The van der Waals surface area contributed by atoms with Gasteiger partial charge in [-0.2, -0.15) is 26.3 Å². The maximum Gasteiger partial charge on any atom is 0.416 e. The number of amides is 1. The molecule has 0 fully saturated rings. The average Bonchev–Trinajstić information content (AvgIpc) is 3.38. The van der Waals surface area contributed by atoms with Gasteiger partial charge in [-0.1, -0.05) is 29.8 Å². The number of nitrogens with one attached hydrogen (secondary N) is 2. The molecule has 0 saturated carbocycles. The van der Waals surface area contributed by atoms with E-state index in [9.17, 15) is 35.9 Å². The zero-order valence-electron chi connectivity index (χ0n) is 18.8. The molecule has 0 unspecified atom stereocenters. The molecule has 0 radical (unpaired) electrons. The van der Waals surface area contributed by atoms with Crippen molar-refractivity contribution in [1.29, 1.82) is 0 Å². The predicted octanol–water partition coefficient (Wildman–Crippen LogP) is 6.44. The number of ketones is 1. The van der Waals surface area contributed by atoms with Gasteiger partial charge in [0.1, 0.15) is 0 Å². The van der Waals surface area contributed by atoms with Crippen molar-refractivity contribution in [2.45, 2.75) is 18.8 Å². The van der Waals surface area contributed by atoms with Crippen LogP contribution in [0.2, 0.25) is 5.02 Å². The quantitative estimate of drug-likeness (QED) is 0.163. The van der Waals surface area contributed by atoms with Crippen LogP contribution in [0, 0.1) is 0 Å². The Morgan fingerprint density at radius 1 is 0.842 bits per heavy atom. The number of benzene rings is 3. The number of aromatic nitrogens is 4. The lowest BCUT2D eigenvalue weighted by Gasteiger charge is -2.14. The predicted molar refractivity (Wildman–Crippen MR) is 124 cm³/mol. The summed E-state index contributed by atoms with van der Waals surface area (Å²) in [5, 5.41) is 16.3. The molecular weight excluding hydrogens is 540 g/mol. The van der Waals surface area contributed by atoms with Gasteiger partial charge >= 0.3 is 12.4 Å². The van der Waals surface area contributed by atoms with E-state index in [-0.39, 0.29) is 29.7 Å². The van der Waals surface area contributed by atoms with Crippen LogP contribution in [0.4, 0.5) is 32.0 Å². The molecule has 3 aromatic carbocycles. The lowest BCUT2D eigenvalue weighted by molar-refractivity contribution is -0.143. The van der Waals surface area contributed by atoms with Crippen molar-refractivity contribution in [1.82, 2.24) is 20.6 Å². The van der Waals surface area contributed by atoms with E-state index in [2.05, 4.69) is 25.9 Å². The first-order valence-electron chi connectivity index (χ1n) is 10.6. The molecule has 1 heterocycles. The lowest BCUT2D eigenvalue weighted by atomic mass is 9.99. The Hall–Kier alpha value is -4.26. The van der Waals surface area contributed by atoms with Gasteiger partial charge in [-0.3, -0.25) is 9.59 Å². The molecule has 0 aliphatic rings. The summed E-state index contributed by atoms with van der Waals surface area (Å²) >= 11 is 5.92. The fourth-order valence-electron chi connectivity index (χ4n) is 3.50. The standard InChI is InChI=1S/C24H14ClF6N5O2/c25-17-4-1-12(2-5-17)13-3-6-19(18(9-13)22-33-35-36-34-22)32-21(38)11-20(37)14-7-15(23(26,27)28)10-16(8-14)24(29,30)31/h1-10H,11H2,(H,32,38)(H,33,34,35,36). The van der Waals surface area contributed by atoms with E-state index in [1.54, 1.807) is 36.4 Å². The Kier molecular flexibility index (Phi) is 7.22. The van der Waals surface area contributed by atoms with E-state index in [0.29, 0.717) is 16.1 Å². The van der Waals surface area contributed by atoms with Crippen molar-refractivity contribution in [3.63, 3.8) is 0 Å². The Bertz CT molecular complexity index is 1450. The van der Waals surface area contributed by atoms with Gasteiger partial charge in [-0.15, -0.1) is 5.10 Å². The third kappa shape index (κ3) is 6.17. The number of alkyl halides is 6. The molecule has 4 rings (SSSR count). The van der Waals surface area contributed by atoms with Crippen molar-refractivity contribution in [2.24, 2.45) is 0 Å². The molecule has 0 spiro atoms. The number of carbonyl (C=O) groups is 2. The molecule has 4 aromatic rings. The number of anilines is 1. The first-order valence-corrected chi connectivity index (χ1v) is 11.0. The molecule has 14 heteroatoms. The number of rotatable bonds is 6. The van der Waals surface area contributed by atoms with E-state index >= 15 is 0 Å². The second kappa shape index (κ2) is 10.2. The number of hydrogen-bond donors (Lipinski definition) is 2. The number of carbonyl (C=O) groups excluding carboxylic acids is 2. The third-order valence-electron chi connectivity index (χ3n) is 5.30. The van der Waals surface area contributed by atoms with Gasteiger partial charge in [0.05, 0.1) is 23.2 Å². The van der Waals surface area contributed by atoms with Gasteiger partial charge in [0.25, 0.3) is 0 Å². The summed E-state index contributed by atoms with van der Waals surface area (Å²) in [6.45, 7) is 0. The summed E-state index contributed by atoms with van der Waals surface area (Å²) in [5.74, 6) is -2.07. The second-order valence-corrected chi connectivity index (χ2v) is 8.40. The van der Waals surface area contributed by atoms with E-state index in [0.717, 1.165) is 5.56 Å². The Labute approximate surface area is 214 Å².